The van der Waals surface area contributed by atoms with Gasteiger partial charge < -0.3 is 10.2 Å². The molecule has 0 fully saturated rings. The number of halogens is 1. The maximum absolute atomic E-state index is 13.9. The van der Waals surface area contributed by atoms with E-state index in [1.807, 2.05) is 6.08 Å². The van der Waals surface area contributed by atoms with Crippen molar-refractivity contribution < 1.29 is 8.81 Å². The summed E-state index contributed by atoms with van der Waals surface area (Å²) in [4.78, 5) is 0. The van der Waals surface area contributed by atoms with Gasteiger partial charge in [0, 0.05) is 6.42 Å². The Morgan fingerprint density at radius 2 is 2.43 bits per heavy atom. The van der Waals surface area contributed by atoms with Crippen LogP contribution in [0, 0.1) is 5.41 Å². The Bertz CT molecular complexity index is 712. The van der Waals surface area contributed by atoms with Gasteiger partial charge in [0.25, 0.3) is 0 Å². The average Bonchev–Trinajstić information content (AvgIpc) is 3.10. The van der Waals surface area contributed by atoms with Gasteiger partial charge in [-0.3, -0.25) is 10.1 Å². The molecule has 6 heteroatoms. The number of alkyl halides is 1. The van der Waals surface area contributed by atoms with Gasteiger partial charge in [0.05, 0.1) is 12.8 Å². The number of furan rings is 1. The van der Waals surface area contributed by atoms with Gasteiger partial charge in [-0.2, -0.15) is 5.10 Å². The van der Waals surface area contributed by atoms with E-state index >= 15 is 0 Å². The number of hydrogen-bond acceptors (Lipinski definition) is 3. The number of amidine groups is 1. The summed E-state index contributed by atoms with van der Waals surface area (Å²) in [5.41, 5.74) is 7.15. The molecule has 0 amide bonds. The lowest BCUT2D eigenvalue weighted by molar-refractivity contribution is 0.366. The molecule has 5 nitrogen and oxygen atoms in total. The normalized spacial score (nSPS) is 17.8. The van der Waals surface area contributed by atoms with E-state index in [0.717, 1.165) is 0 Å². The molecule has 0 aromatic carbocycles. The highest BCUT2D eigenvalue weighted by molar-refractivity contribution is 5.93. The quantitative estimate of drug-likeness (QED) is 0.669. The van der Waals surface area contributed by atoms with Gasteiger partial charge >= 0.3 is 0 Å². The van der Waals surface area contributed by atoms with E-state index in [4.69, 9.17) is 15.6 Å². The maximum Gasteiger partial charge on any atom is 0.151 e. The molecule has 1 aliphatic rings. The fourth-order valence-corrected chi connectivity index (χ4v) is 2.26. The largest absolute Gasteiger partial charge is 0.463 e. The molecule has 0 radical (unpaired) electrons. The second-order valence-corrected chi connectivity index (χ2v) is 4.84. The number of allylic oxidation sites excluding steroid dienone is 4. The number of aromatic nitrogens is 2. The Morgan fingerprint density at radius 1 is 1.57 bits per heavy atom. The molecule has 2 aromatic heterocycles. The van der Waals surface area contributed by atoms with E-state index in [-0.39, 0.29) is 5.84 Å². The van der Waals surface area contributed by atoms with E-state index in [9.17, 15) is 4.39 Å². The Hall–Kier alpha value is -2.63. The summed E-state index contributed by atoms with van der Waals surface area (Å²) < 4.78 is 20.9. The monoisotopic (exact) mass is 286 g/mol. The van der Waals surface area contributed by atoms with Crippen molar-refractivity contribution in [1.29, 1.82) is 5.41 Å². The first-order chi connectivity index (χ1) is 10.1. The van der Waals surface area contributed by atoms with Gasteiger partial charge in [0.2, 0.25) is 0 Å². The summed E-state index contributed by atoms with van der Waals surface area (Å²) in [5, 5.41) is 11.8. The maximum atomic E-state index is 13.9. The fraction of sp³-hybridized carbons (Fsp3) is 0.200. The molecule has 0 aliphatic heterocycles. The number of rotatable bonds is 4. The highest BCUT2D eigenvalue weighted by atomic mass is 19.1. The first-order valence-corrected chi connectivity index (χ1v) is 6.61. The van der Waals surface area contributed by atoms with Gasteiger partial charge in [0.1, 0.15) is 23.4 Å². The molecule has 0 spiro atoms. The lowest BCUT2D eigenvalue weighted by Crippen LogP contribution is -2.16. The molecule has 1 unspecified atom stereocenters. The molecule has 0 saturated carbocycles. The van der Waals surface area contributed by atoms with E-state index in [0.29, 0.717) is 35.7 Å². The molecule has 3 N–H and O–H groups in total. The SMILES string of the molecule is N=C(N)c1cc(-c2ccco2)n(CC2=CC=CCC2F)n1. The second kappa shape index (κ2) is 5.40. The number of nitrogens with zero attached hydrogens (tertiary/aromatic N) is 2. The summed E-state index contributed by atoms with van der Waals surface area (Å²) in [6, 6.07) is 5.23. The van der Waals surface area contributed by atoms with Gasteiger partial charge in [-0.15, -0.1) is 0 Å². The van der Waals surface area contributed by atoms with E-state index < -0.39 is 6.17 Å². The van der Waals surface area contributed by atoms with Crippen LogP contribution in [-0.4, -0.2) is 21.8 Å². The Kier molecular flexibility index (Phi) is 3.43. The minimum absolute atomic E-state index is 0.129. The van der Waals surface area contributed by atoms with Crippen LogP contribution in [0.4, 0.5) is 4.39 Å². The van der Waals surface area contributed by atoms with Crippen LogP contribution in [0.1, 0.15) is 12.1 Å². The Morgan fingerprint density at radius 3 is 3.10 bits per heavy atom. The topological polar surface area (TPSA) is 80.8 Å². The summed E-state index contributed by atoms with van der Waals surface area (Å²) in [6.45, 7) is 0.300. The van der Waals surface area contributed by atoms with Crippen LogP contribution >= 0.6 is 0 Å². The zero-order valence-corrected chi connectivity index (χ0v) is 11.3. The van der Waals surface area contributed by atoms with Crippen molar-refractivity contribution in [2.24, 2.45) is 5.73 Å². The molecule has 1 atom stereocenters. The standard InChI is InChI=1S/C15H15FN4O/c16-11-5-2-1-4-10(11)9-20-13(14-6-3-7-21-14)8-12(19-20)15(17)18/h1-4,6-8,11H,5,9H2,(H3,17,18). The van der Waals surface area contributed by atoms with Gasteiger partial charge in [-0.25, -0.2) is 4.39 Å². The number of nitrogen functional groups attached to an aromatic ring is 1. The Labute approximate surface area is 121 Å². The van der Waals surface area contributed by atoms with Gasteiger partial charge in [0.15, 0.2) is 5.76 Å². The van der Waals surface area contributed by atoms with E-state index in [2.05, 4.69) is 5.10 Å². The molecule has 1 aliphatic carbocycles. The summed E-state index contributed by atoms with van der Waals surface area (Å²) in [5.74, 6) is 0.480. The molecule has 2 aromatic rings. The fourth-order valence-electron chi connectivity index (χ4n) is 2.26. The zero-order valence-electron chi connectivity index (χ0n) is 11.3. The summed E-state index contributed by atoms with van der Waals surface area (Å²) in [7, 11) is 0. The van der Waals surface area contributed by atoms with Crippen LogP contribution in [0.5, 0.6) is 0 Å². The van der Waals surface area contributed by atoms with Crippen molar-refractivity contribution in [3.63, 3.8) is 0 Å². The summed E-state index contributed by atoms with van der Waals surface area (Å²) >= 11 is 0. The minimum Gasteiger partial charge on any atom is -0.463 e. The van der Waals surface area contributed by atoms with Gasteiger partial charge in [-0.05, 0) is 23.8 Å². The van der Waals surface area contributed by atoms with Crippen molar-refractivity contribution in [2.45, 2.75) is 19.1 Å². The van der Waals surface area contributed by atoms with Crippen LogP contribution in [-0.2, 0) is 6.54 Å². The van der Waals surface area contributed by atoms with Crippen LogP contribution < -0.4 is 5.73 Å². The van der Waals surface area contributed by atoms with Crippen molar-refractivity contribution in [1.82, 2.24) is 9.78 Å². The molecule has 0 bridgehead atoms. The molecule has 108 valence electrons. The first-order valence-electron chi connectivity index (χ1n) is 6.61. The minimum atomic E-state index is -1.01. The van der Waals surface area contributed by atoms with Crippen molar-refractivity contribution >= 4 is 5.84 Å². The van der Waals surface area contributed by atoms with Crippen LogP contribution in [0.3, 0.4) is 0 Å². The smallest absolute Gasteiger partial charge is 0.151 e. The number of hydrogen-bond donors (Lipinski definition) is 2. The van der Waals surface area contributed by atoms with Crippen LogP contribution in [0.2, 0.25) is 0 Å². The number of nitrogens with one attached hydrogen (secondary N) is 1. The highest BCUT2D eigenvalue weighted by Gasteiger charge is 2.19. The van der Waals surface area contributed by atoms with Crippen molar-refractivity contribution in [2.75, 3.05) is 0 Å². The predicted octanol–water partition coefficient (Wildman–Crippen LogP) is 2.65. The predicted molar refractivity (Wildman–Crippen MR) is 77.7 cm³/mol. The molecule has 21 heavy (non-hydrogen) atoms. The highest BCUT2D eigenvalue weighted by Crippen LogP contribution is 2.24. The van der Waals surface area contributed by atoms with Crippen LogP contribution in [0.15, 0.2) is 52.7 Å². The average molecular weight is 286 g/mol. The van der Waals surface area contributed by atoms with E-state index in [1.165, 1.54) is 0 Å². The molecular formula is C15H15FN4O. The third-order valence-electron chi connectivity index (χ3n) is 3.35. The first kappa shape index (κ1) is 13.4. The lowest BCUT2D eigenvalue weighted by Gasteiger charge is -2.15. The molecular weight excluding hydrogens is 271 g/mol. The van der Waals surface area contributed by atoms with Gasteiger partial charge in [-0.1, -0.05) is 18.2 Å². The third kappa shape index (κ3) is 2.65. The lowest BCUT2D eigenvalue weighted by atomic mass is 10.0. The second-order valence-electron chi connectivity index (χ2n) is 4.84. The summed E-state index contributed by atoms with van der Waals surface area (Å²) in [6.07, 6.45) is 6.32. The Balaban J connectivity index is 1.99. The van der Waals surface area contributed by atoms with Crippen molar-refractivity contribution in [3.05, 3.63) is 54.0 Å². The van der Waals surface area contributed by atoms with Crippen LogP contribution in [0.25, 0.3) is 11.5 Å². The molecule has 3 rings (SSSR count). The number of nitrogens with two attached hydrogens (primary N) is 1. The molecule has 0 saturated heterocycles. The molecule has 2 heterocycles. The van der Waals surface area contributed by atoms with Crippen molar-refractivity contribution in [3.8, 4) is 11.5 Å². The third-order valence-corrected chi connectivity index (χ3v) is 3.35. The zero-order chi connectivity index (χ0) is 14.8. The van der Waals surface area contributed by atoms with E-state index in [1.54, 1.807) is 41.3 Å².